The summed E-state index contributed by atoms with van der Waals surface area (Å²) in [6.07, 6.45) is 1.06. The van der Waals surface area contributed by atoms with Gasteiger partial charge in [-0.3, -0.25) is 9.59 Å². The maximum absolute atomic E-state index is 12.8. The molecule has 0 spiro atoms. The number of carbonyl (C=O) groups is 2. The van der Waals surface area contributed by atoms with Crippen LogP contribution in [0.25, 0.3) is 0 Å². The van der Waals surface area contributed by atoms with Gasteiger partial charge in [0, 0.05) is 24.5 Å². The molecule has 1 aliphatic rings. The van der Waals surface area contributed by atoms with Crippen molar-refractivity contribution in [3.63, 3.8) is 0 Å². The Morgan fingerprint density at radius 3 is 2.54 bits per heavy atom. The van der Waals surface area contributed by atoms with Crippen LogP contribution in [-0.2, 0) is 16.0 Å². The van der Waals surface area contributed by atoms with Crippen LogP contribution >= 0.6 is 23.2 Å². The van der Waals surface area contributed by atoms with E-state index in [4.69, 9.17) is 23.2 Å². The van der Waals surface area contributed by atoms with Crippen LogP contribution in [-0.4, -0.2) is 35.8 Å². The van der Waals surface area contributed by atoms with Gasteiger partial charge >= 0.3 is 0 Å². The molecule has 2 amide bonds. The number of anilines is 1. The molecule has 1 saturated heterocycles. The summed E-state index contributed by atoms with van der Waals surface area (Å²) in [5.41, 5.74) is 1.75. The fraction of sp³-hybridized carbons (Fsp3) is 0.300. The van der Waals surface area contributed by atoms with E-state index < -0.39 is 6.04 Å². The van der Waals surface area contributed by atoms with Gasteiger partial charge in [0.05, 0.1) is 10.7 Å². The zero-order valence-electron chi connectivity index (χ0n) is 14.5. The van der Waals surface area contributed by atoms with Gasteiger partial charge in [-0.1, -0.05) is 53.5 Å². The Kier molecular flexibility index (Phi) is 5.84. The molecule has 2 aromatic rings. The number of halogens is 2. The summed E-state index contributed by atoms with van der Waals surface area (Å²) in [5.74, 6) is -0.134. The van der Waals surface area contributed by atoms with E-state index in [0.29, 0.717) is 41.7 Å². The summed E-state index contributed by atoms with van der Waals surface area (Å²) in [6.45, 7) is 2.67. The lowest BCUT2D eigenvalue weighted by Crippen LogP contribution is -2.57. The van der Waals surface area contributed by atoms with Crippen LogP contribution in [0.4, 0.5) is 5.69 Å². The van der Waals surface area contributed by atoms with Crippen LogP contribution in [0.2, 0.25) is 10.0 Å². The Bertz CT molecular complexity index is 811. The molecule has 4 nitrogen and oxygen atoms in total. The second-order valence-electron chi connectivity index (χ2n) is 6.33. The zero-order chi connectivity index (χ0) is 18.7. The highest BCUT2D eigenvalue weighted by Crippen LogP contribution is 2.31. The second-order valence-corrected chi connectivity index (χ2v) is 7.18. The Labute approximate surface area is 163 Å². The van der Waals surface area contributed by atoms with E-state index in [1.54, 1.807) is 34.9 Å². The number of benzene rings is 2. The molecule has 6 heteroatoms. The average Bonchev–Trinajstić information content (AvgIpc) is 2.63. The molecular formula is C20H20Cl2N2O2. The lowest BCUT2D eigenvalue weighted by Gasteiger charge is -2.39. The number of hydrogen-bond donors (Lipinski definition) is 0. The van der Waals surface area contributed by atoms with Gasteiger partial charge in [-0.05, 0) is 37.1 Å². The highest BCUT2D eigenvalue weighted by Gasteiger charge is 2.35. The Morgan fingerprint density at radius 2 is 1.85 bits per heavy atom. The van der Waals surface area contributed by atoms with E-state index in [0.717, 1.165) is 5.56 Å². The molecule has 0 saturated carbocycles. The third-order valence-electron chi connectivity index (χ3n) is 4.65. The van der Waals surface area contributed by atoms with Crippen LogP contribution in [0.5, 0.6) is 0 Å². The topological polar surface area (TPSA) is 40.6 Å². The Hall–Kier alpha value is -2.04. The summed E-state index contributed by atoms with van der Waals surface area (Å²) >= 11 is 12.2. The monoisotopic (exact) mass is 390 g/mol. The third-order valence-corrected chi connectivity index (χ3v) is 5.18. The lowest BCUT2D eigenvalue weighted by atomic mass is 10.1. The summed E-state index contributed by atoms with van der Waals surface area (Å²) in [5, 5.41) is 0.955. The molecule has 1 fully saturated rings. The quantitative estimate of drug-likeness (QED) is 0.784. The van der Waals surface area contributed by atoms with Gasteiger partial charge in [-0.25, -0.2) is 0 Å². The number of piperazine rings is 1. The minimum absolute atomic E-state index is 0.00319. The molecule has 1 atom stereocenters. The van der Waals surface area contributed by atoms with Crippen molar-refractivity contribution in [2.24, 2.45) is 0 Å². The highest BCUT2D eigenvalue weighted by atomic mass is 35.5. The predicted octanol–water partition coefficient (Wildman–Crippen LogP) is 4.19. The standard InChI is InChI=1S/C20H20Cl2N2O2/c1-14-20(26)24(18-9-8-16(21)13-17(18)22)12-11-23(14)19(25)10-7-15-5-3-2-4-6-15/h2-6,8-9,13-14H,7,10-12H2,1H3. The average molecular weight is 391 g/mol. The summed E-state index contributed by atoms with van der Waals surface area (Å²) in [4.78, 5) is 28.7. The van der Waals surface area contributed by atoms with Crippen molar-refractivity contribution >= 4 is 40.7 Å². The van der Waals surface area contributed by atoms with Gasteiger partial charge in [0.1, 0.15) is 6.04 Å². The first-order chi connectivity index (χ1) is 12.5. The molecule has 1 heterocycles. The van der Waals surface area contributed by atoms with Crippen molar-refractivity contribution in [2.75, 3.05) is 18.0 Å². The predicted molar refractivity (Wildman–Crippen MR) is 105 cm³/mol. The van der Waals surface area contributed by atoms with Crippen LogP contribution < -0.4 is 4.90 Å². The number of hydrogen-bond acceptors (Lipinski definition) is 2. The van der Waals surface area contributed by atoms with Gasteiger partial charge in [-0.2, -0.15) is 0 Å². The fourth-order valence-electron chi connectivity index (χ4n) is 3.19. The first kappa shape index (κ1) is 18.7. The molecule has 0 radical (unpaired) electrons. The third kappa shape index (κ3) is 4.02. The van der Waals surface area contributed by atoms with E-state index in [9.17, 15) is 9.59 Å². The molecular weight excluding hydrogens is 371 g/mol. The molecule has 3 rings (SSSR count). The normalized spacial score (nSPS) is 17.5. The first-order valence-corrected chi connectivity index (χ1v) is 9.33. The van der Waals surface area contributed by atoms with Gasteiger partial charge in [0.2, 0.25) is 11.8 Å². The Balaban J connectivity index is 1.66. The molecule has 136 valence electrons. The highest BCUT2D eigenvalue weighted by molar-refractivity contribution is 6.36. The minimum Gasteiger partial charge on any atom is -0.329 e. The van der Waals surface area contributed by atoms with E-state index in [2.05, 4.69) is 0 Å². The molecule has 2 aromatic carbocycles. The van der Waals surface area contributed by atoms with Crippen molar-refractivity contribution in [2.45, 2.75) is 25.8 Å². The fourth-order valence-corrected chi connectivity index (χ4v) is 3.70. The lowest BCUT2D eigenvalue weighted by molar-refractivity contribution is -0.140. The molecule has 0 N–H and O–H groups in total. The van der Waals surface area contributed by atoms with Crippen LogP contribution in [0.1, 0.15) is 18.9 Å². The number of nitrogens with zero attached hydrogens (tertiary/aromatic N) is 2. The molecule has 0 bridgehead atoms. The number of aryl methyl sites for hydroxylation is 1. The van der Waals surface area contributed by atoms with Gasteiger partial charge < -0.3 is 9.80 Å². The maximum Gasteiger partial charge on any atom is 0.249 e. The number of amides is 2. The molecule has 1 aliphatic heterocycles. The van der Waals surface area contributed by atoms with Gasteiger partial charge in [-0.15, -0.1) is 0 Å². The first-order valence-electron chi connectivity index (χ1n) is 8.57. The molecule has 0 aromatic heterocycles. The van der Waals surface area contributed by atoms with E-state index in [1.807, 2.05) is 30.3 Å². The SMILES string of the molecule is CC1C(=O)N(c2ccc(Cl)cc2Cl)CCN1C(=O)CCc1ccccc1. The maximum atomic E-state index is 12.8. The van der Waals surface area contributed by atoms with Crippen LogP contribution in [0.15, 0.2) is 48.5 Å². The minimum atomic E-state index is -0.515. The van der Waals surface area contributed by atoms with Crippen molar-refractivity contribution in [1.29, 1.82) is 0 Å². The summed E-state index contributed by atoms with van der Waals surface area (Å²) in [7, 11) is 0. The van der Waals surface area contributed by atoms with Crippen LogP contribution in [0, 0.1) is 0 Å². The summed E-state index contributed by atoms with van der Waals surface area (Å²) in [6, 6.07) is 14.4. The molecule has 0 aliphatic carbocycles. The zero-order valence-corrected chi connectivity index (χ0v) is 16.0. The van der Waals surface area contributed by atoms with Crippen molar-refractivity contribution in [1.82, 2.24) is 4.90 Å². The van der Waals surface area contributed by atoms with Crippen molar-refractivity contribution in [3.8, 4) is 0 Å². The largest absolute Gasteiger partial charge is 0.329 e. The van der Waals surface area contributed by atoms with Crippen molar-refractivity contribution < 1.29 is 9.59 Å². The van der Waals surface area contributed by atoms with E-state index >= 15 is 0 Å². The Morgan fingerprint density at radius 1 is 1.12 bits per heavy atom. The van der Waals surface area contributed by atoms with Gasteiger partial charge in [0.15, 0.2) is 0 Å². The molecule has 1 unspecified atom stereocenters. The smallest absolute Gasteiger partial charge is 0.249 e. The van der Waals surface area contributed by atoms with E-state index in [1.165, 1.54) is 0 Å². The molecule has 26 heavy (non-hydrogen) atoms. The van der Waals surface area contributed by atoms with E-state index in [-0.39, 0.29) is 11.8 Å². The number of carbonyl (C=O) groups excluding carboxylic acids is 2. The second kappa shape index (κ2) is 8.11. The van der Waals surface area contributed by atoms with Crippen LogP contribution in [0.3, 0.4) is 0 Å². The van der Waals surface area contributed by atoms with Crippen molar-refractivity contribution in [3.05, 3.63) is 64.1 Å². The van der Waals surface area contributed by atoms with Gasteiger partial charge in [0.25, 0.3) is 0 Å². The number of rotatable bonds is 4. The summed E-state index contributed by atoms with van der Waals surface area (Å²) < 4.78 is 0.